The molecule has 0 fully saturated rings. The first-order valence-electron chi connectivity index (χ1n) is 7.10. The first-order valence-corrected chi connectivity index (χ1v) is 7.63. The molecular formula is C14H28ClNO. The maximum Gasteiger partial charge on any atom is 0.222 e. The lowest BCUT2D eigenvalue weighted by Gasteiger charge is -2.21. The molecule has 0 aliphatic rings. The number of carbonyl (C=O) groups excluding carboxylic acids is 1. The van der Waals surface area contributed by atoms with Gasteiger partial charge in [0.05, 0.1) is 0 Å². The molecule has 0 radical (unpaired) electrons. The van der Waals surface area contributed by atoms with Crippen molar-refractivity contribution >= 4 is 17.5 Å². The Labute approximate surface area is 112 Å². The minimum Gasteiger partial charge on any atom is -0.342 e. The third-order valence-corrected chi connectivity index (χ3v) is 3.15. The predicted molar refractivity (Wildman–Crippen MR) is 75.6 cm³/mol. The summed E-state index contributed by atoms with van der Waals surface area (Å²) in [6.07, 6.45) is 8.92. The maximum absolute atomic E-state index is 11.9. The van der Waals surface area contributed by atoms with Crippen LogP contribution in [0.5, 0.6) is 0 Å². The fourth-order valence-electron chi connectivity index (χ4n) is 1.85. The van der Waals surface area contributed by atoms with Crippen LogP contribution in [0.1, 0.15) is 65.2 Å². The zero-order chi connectivity index (χ0) is 12.9. The number of carbonyl (C=O) groups is 1. The van der Waals surface area contributed by atoms with Crippen molar-refractivity contribution in [1.29, 1.82) is 0 Å². The maximum atomic E-state index is 11.9. The van der Waals surface area contributed by atoms with Gasteiger partial charge in [0, 0.05) is 25.4 Å². The molecule has 0 aromatic carbocycles. The van der Waals surface area contributed by atoms with Crippen LogP contribution in [0.4, 0.5) is 0 Å². The summed E-state index contributed by atoms with van der Waals surface area (Å²) in [4.78, 5) is 13.9. The summed E-state index contributed by atoms with van der Waals surface area (Å²) in [7, 11) is 0. The van der Waals surface area contributed by atoms with E-state index in [1.807, 2.05) is 4.90 Å². The molecule has 2 nitrogen and oxygen atoms in total. The van der Waals surface area contributed by atoms with Gasteiger partial charge in [-0.25, -0.2) is 0 Å². The Morgan fingerprint density at radius 2 is 1.59 bits per heavy atom. The molecule has 0 spiro atoms. The van der Waals surface area contributed by atoms with Crippen LogP contribution in [0.15, 0.2) is 0 Å². The Bertz CT molecular complexity index is 185. The van der Waals surface area contributed by atoms with Crippen molar-refractivity contribution in [2.45, 2.75) is 65.2 Å². The van der Waals surface area contributed by atoms with Gasteiger partial charge in [0.2, 0.25) is 5.91 Å². The summed E-state index contributed by atoms with van der Waals surface area (Å²) in [5.74, 6) is 0.835. The molecule has 17 heavy (non-hydrogen) atoms. The Morgan fingerprint density at radius 3 is 2.18 bits per heavy atom. The van der Waals surface area contributed by atoms with Gasteiger partial charge >= 0.3 is 0 Å². The van der Waals surface area contributed by atoms with Crippen molar-refractivity contribution in [3.05, 3.63) is 0 Å². The Morgan fingerprint density at radius 1 is 0.941 bits per heavy atom. The van der Waals surface area contributed by atoms with Gasteiger partial charge < -0.3 is 4.90 Å². The molecule has 0 aromatic rings. The fourth-order valence-corrected chi connectivity index (χ4v) is 2.05. The monoisotopic (exact) mass is 261 g/mol. The number of unbranched alkanes of at least 4 members (excludes halogenated alkanes) is 5. The van der Waals surface area contributed by atoms with Gasteiger partial charge in [-0.15, -0.1) is 11.6 Å². The van der Waals surface area contributed by atoms with Gasteiger partial charge in [0.15, 0.2) is 0 Å². The van der Waals surface area contributed by atoms with Gasteiger partial charge in [-0.05, 0) is 12.8 Å². The Balaban J connectivity index is 3.72. The first kappa shape index (κ1) is 16.8. The lowest BCUT2D eigenvalue weighted by Crippen LogP contribution is -2.33. The van der Waals surface area contributed by atoms with Crippen molar-refractivity contribution in [3.63, 3.8) is 0 Å². The van der Waals surface area contributed by atoms with E-state index in [-0.39, 0.29) is 5.91 Å². The zero-order valence-corrected chi connectivity index (χ0v) is 12.3. The van der Waals surface area contributed by atoms with E-state index < -0.39 is 0 Å². The number of nitrogens with zero attached hydrogens (tertiary/aromatic N) is 1. The molecule has 0 aliphatic carbocycles. The number of rotatable bonds is 11. The normalized spacial score (nSPS) is 10.5. The number of hydrogen-bond acceptors (Lipinski definition) is 1. The summed E-state index contributed by atoms with van der Waals surface area (Å²) in [5.41, 5.74) is 0. The van der Waals surface area contributed by atoms with Crippen LogP contribution in [0, 0.1) is 0 Å². The third kappa shape index (κ3) is 9.46. The summed E-state index contributed by atoms with van der Waals surface area (Å²) >= 11 is 5.73. The molecule has 0 aromatic heterocycles. The second-order valence-electron chi connectivity index (χ2n) is 4.59. The van der Waals surface area contributed by atoms with E-state index in [0.717, 1.165) is 25.8 Å². The van der Waals surface area contributed by atoms with Crippen LogP contribution in [0.25, 0.3) is 0 Å². The molecular weight excluding hydrogens is 234 g/mol. The van der Waals surface area contributed by atoms with Crippen molar-refractivity contribution in [3.8, 4) is 0 Å². The van der Waals surface area contributed by atoms with Gasteiger partial charge in [0.1, 0.15) is 0 Å². The summed E-state index contributed by atoms with van der Waals surface area (Å²) in [5, 5.41) is 0. The number of halogens is 1. The minimum absolute atomic E-state index is 0.288. The van der Waals surface area contributed by atoms with E-state index >= 15 is 0 Å². The van der Waals surface area contributed by atoms with Crippen LogP contribution in [-0.4, -0.2) is 29.8 Å². The number of amides is 1. The van der Waals surface area contributed by atoms with Crippen LogP contribution < -0.4 is 0 Å². The van der Waals surface area contributed by atoms with Crippen LogP contribution in [0.2, 0.25) is 0 Å². The van der Waals surface area contributed by atoms with Crippen molar-refractivity contribution in [2.75, 3.05) is 19.0 Å². The molecule has 0 rings (SSSR count). The topological polar surface area (TPSA) is 20.3 Å². The molecule has 0 atom stereocenters. The van der Waals surface area contributed by atoms with Gasteiger partial charge in [-0.1, -0.05) is 46.0 Å². The van der Waals surface area contributed by atoms with Gasteiger partial charge in [-0.2, -0.15) is 0 Å². The van der Waals surface area contributed by atoms with E-state index in [4.69, 9.17) is 11.6 Å². The van der Waals surface area contributed by atoms with Crippen molar-refractivity contribution < 1.29 is 4.79 Å². The fraction of sp³-hybridized carbons (Fsp3) is 0.929. The molecule has 0 unspecified atom stereocenters. The standard InChI is InChI=1S/C14H28ClNO/c1-3-5-7-8-9-10-14(17)16(13-11-15)12-6-4-2/h3-13H2,1-2H3. The SMILES string of the molecule is CCCCCCCC(=O)N(CCCl)CCCC. The molecule has 0 N–H and O–H groups in total. The molecule has 1 amide bonds. The smallest absolute Gasteiger partial charge is 0.222 e. The van der Waals surface area contributed by atoms with Gasteiger partial charge in [-0.3, -0.25) is 4.79 Å². The molecule has 3 heteroatoms. The third-order valence-electron chi connectivity index (χ3n) is 2.98. The van der Waals surface area contributed by atoms with E-state index in [2.05, 4.69) is 13.8 Å². The average molecular weight is 262 g/mol. The summed E-state index contributed by atoms with van der Waals surface area (Å²) in [6.45, 7) is 5.93. The lowest BCUT2D eigenvalue weighted by molar-refractivity contribution is -0.131. The highest BCUT2D eigenvalue weighted by molar-refractivity contribution is 6.18. The van der Waals surface area contributed by atoms with Crippen molar-refractivity contribution in [1.82, 2.24) is 4.90 Å². The molecule has 0 saturated carbocycles. The average Bonchev–Trinajstić information content (AvgIpc) is 2.34. The highest BCUT2D eigenvalue weighted by Gasteiger charge is 2.11. The van der Waals surface area contributed by atoms with E-state index in [1.54, 1.807) is 0 Å². The highest BCUT2D eigenvalue weighted by atomic mass is 35.5. The van der Waals surface area contributed by atoms with Crippen molar-refractivity contribution in [2.24, 2.45) is 0 Å². The molecule has 0 aliphatic heterocycles. The molecule has 102 valence electrons. The predicted octanol–water partition coefficient (Wildman–Crippen LogP) is 4.21. The second kappa shape index (κ2) is 12.2. The number of hydrogen-bond donors (Lipinski definition) is 0. The highest BCUT2D eigenvalue weighted by Crippen LogP contribution is 2.08. The molecule has 0 saturated heterocycles. The molecule has 0 bridgehead atoms. The Hall–Kier alpha value is -0.240. The Kier molecular flexibility index (Phi) is 12.1. The van der Waals surface area contributed by atoms with E-state index in [1.165, 1.54) is 25.7 Å². The second-order valence-corrected chi connectivity index (χ2v) is 4.97. The van der Waals surface area contributed by atoms with Crippen LogP contribution in [0.3, 0.4) is 0 Å². The number of alkyl halides is 1. The summed E-state index contributed by atoms with van der Waals surface area (Å²) in [6, 6.07) is 0. The zero-order valence-electron chi connectivity index (χ0n) is 11.5. The molecule has 0 heterocycles. The lowest BCUT2D eigenvalue weighted by atomic mass is 10.1. The largest absolute Gasteiger partial charge is 0.342 e. The minimum atomic E-state index is 0.288. The van der Waals surface area contributed by atoms with Gasteiger partial charge in [0.25, 0.3) is 0 Å². The summed E-state index contributed by atoms with van der Waals surface area (Å²) < 4.78 is 0. The van der Waals surface area contributed by atoms with Crippen LogP contribution in [-0.2, 0) is 4.79 Å². The first-order chi connectivity index (χ1) is 8.26. The van der Waals surface area contributed by atoms with E-state index in [9.17, 15) is 4.79 Å². The van der Waals surface area contributed by atoms with Crippen LogP contribution >= 0.6 is 11.6 Å². The van der Waals surface area contributed by atoms with E-state index in [0.29, 0.717) is 18.8 Å². The quantitative estimate of drug-likeness (QED) is 0.403.